The quantitative estimate of drug-likeness (QED) is 0.629. The normalized spacial score (nSPS) is 10.3. The SMILES string of the molecule is O=C(I)c1cc(-n2nccn2)ccc1F. The summed E-state index contributed by atoms with van der Waals surface area (Å²) in [5.41, 5.74) is 0.590. The van der Waals surface area contributed by atoms with Crippen LogP contribution in [-0.2, 0) is 0 Å². The van der Waals surface area contributed by atoms with E-state index in [0.29, 0.717) is 5.69 Å². The third kappa shape index (κ3) is 2.04. The van der Waals surface area contributed by atoms with Crippen molar-refractivity contribution in [1.29, 1.82) is 0 Å². The third-order valence-corrected chi connectivity index (χ3v) is 2.39. The number of hydrogen-bond donors (Lipinski definition) is 0. The van der Waals surface area contributed by atoms with Gasteiger partial charge in [-0.2, -0.15) is 15.0 Å². The zero-order valence-electron chi connectivity index (χ0n) is 7.39. The van der Waals surface area contributed by atoms with Crippen LogP contribution in [0.1, 0.15) is 10.4 Å². The van der Waals surface area contributed by atoms with Crippen molar-refractivity contribution < 1.29 is 9.18 Å². The highest BCUT2D eigenvalue weighted by Crippen LogP contribution is 2.15. The molecule has 0 atom stereocenters. The molecule has 0 aliphatic carbocycles. The molecule has 15 heavy (non-hydrogen) atoms. The molecule has 0 saturated carbocycles. The maximum atomic E-state index is 13.2. The number of rotatable bonds is 2. The predicted molar refractivity (Wildman–Crippen MR) is 59.7 cm³/mol. The summed E-state index contributed by atoms with van der Waals surface area (Å²) in [6.45, 7) is 0. The third-order valence-electron chi connectivity index (χ3n) is 1.81. The lowest BCUT2D eigenvalue weighted by molar-refractivity contribution is 0.110. The fourth-order valence-corrected chi connectivity index (χ4v) is 1.55. The second kappa shape index (κ2) is 4.05. The molecule has 0 radical (unpaired) electrons. The maximum Gasteiger partial charge on any atom is 0.225 e. The molecule has 0 amide bonds. The lowest BCUT2D eigenvalue weighted by atomic mass is 10.2. The van der Waals surface area contributed by atoms with Gasteiger partial charge in [0.25, 0.3) is 0 Å². The number of aromatic nitrogens is 3. The summed E-state index contributed by atoms with van der Waals surface area (Å²) in [5.74, 6) is -0.537. The first-order valence-corrected chi connectivity index (χ1v) is 5.12. The van der Waals surface area contributed by atoms with Gasteiger partial charge in [0, 0.05) is 22.6 Å². The number of carbonyl (C=O) groups excluding carboxylic acids is 1. The molecule has 2 aromatic rings. The Morgan fingerprint density at radius 1 is 1.33 bits per heavy atom. The summed E-state index contributed by atoms with van der Waals surface area (Å²) >= 11 is 1.54. The molecule has 2 rings (SSSR count). The van der Waals surface area contributed by atoms with Crippen LogP contribution in [0.2, 0.25) is 0 Å². The number of benzene rings is 1. The highest BCUT2D eigenvalue weighted by Gasteiger charge is 2.10. The fourth-order valence-electron chi connectivity index (χ4n) is 1.14. The number of halogens is 2. The molecule has 0 saturated heterocycles. The minimum Gasteiger partial charge on any atom is -0.282 e. The lowest BCUT2D eigenvalue weighted by Gasteiger charge is -2.02. The van der Waals surface area contributed by atoms with Crippen molar-refractivity contribution in [3.63, 3.8) is 0 Å². The van der Waals surface area contributed by atoms with Gasteiger partial charge in [-0.3, -0.25) is 4.79 Å². The Bertz CT molecular complexity index is 498. The number of carbonyl (C=O) groups is 1. The molecule has 0 unspecified atom stereocenters. The smallest absolute Gasteiger partial charge is 0.225 e. The minimum absolute atomic E-state index is 0.0328. The van der Waals surface area contributed by atoms with Crippen LogP contribution >= 0.6 is 22.6 Å². The van der Waals surface area contributed by atoms with E-state index in [9.17, 15) is 9.18 Å². The molecule has 0 aliphatic heterocycles. The van der Waals surface area contributed by atoms with Crippen LogP contribution < -0.4 is 0 Å². The monoisotopic (exact) mass is 317 g/mol. The van der Waals surface area contributed by atoms with Gasteiger partial charge in [-0.1, -0.05) is 0 Å². The molecule has 1 heterocycles. The van der Waals surface area contributed by atoms with E-state index in [1.165, 1.54) is 58.0 Å². The summed E-state index contributed by atoms with van der Waals surface area (Å²) in [6, 6.07) is 4.16. The number of hydrogen-bond acceptors (Lipinski definition) is 3. The van der Waals surface area contributed by atoms with Gasteiger partial charge in [-0.15, -0.1) is 0 Å². The van der Waals surface area contributed by atoms with Gasteiger partial charge in [0.05, 0.1) is 23.6 Å². The molecular weight excluding hydrogens is 312 g/mol. The molecule has 76 valence electrons. The van der Waals surface area contributed by atoms with Crippen molar-refractivity contribution >= 4 is 26.4 Å². The van der Waals surface area contributed by atoms with E-state index in [0.717, 1.165) is 0 Å². The van der Waals surface area contributed by atoms with Gasteiger partial charge in [0.1, 0.15) is 5.82 Å². The minimum atomic E-state index is -0.537. The molecule has 0 N–H and O–H groups in total. The van der Waals surface area contributed by atoms with Crippen LogP contribution in [-0.4, -0.2) is 18.8 Å². The largest absolute Gasteiger partial charge is 0.282 e. The van der Waals surface area contributed by atoms with E-state index in [1.807, 2.05) is 0 Å². The fraction of sp³-hybridized carbons (Fsp3) is 0. The van der Waals surface area contributed by atoms with Crippen LogP contribution in [0.4, 0.5) is 4.39 Å². The molecule has 0 bridgehead atoms. The Labute approximate surface area is 98.2 Å². The molecular formula is C9H5FIN3O. The zero-order chi connectivity index (χ0) is 10.8. The average molecular weight is 317 g/mol. The molecule has 4 nitrogen and oxygen atoms in total. The van der Waals surface area contributed by atoms with E-state index < -0.39 is 5.82 Å². The first kappa shape index (κ1) is 10.2. The maximum absolute atomic E-state index is 13.2. The first-order valence-electron chi connectivity index (χ1n) is 4.04. The molecule has 1 aromatic heterocycles. The van der Waals surface area contributed by atoms with Gasteiger partial charge < -0.3 is 0 Å². The molecule has 0 spiro atoms. The van der Waals surface area contributed by atoms with Crippen molar-refractivity contribution in [2.75, 3.05) is 0 Å². The lowest BCUT2D eigenvalue weighted by Crippen LogP contribution is -2.02. The van der Waals surface area contributed by atoms with E-state index in [-0.39, 0.29) is 9.35 Å². The Morgan fingerprint density at radius 2 is 2.00 bits per heavy atom. The number of nitrogens with zero attached hydrogens (tertiary/aromatic N) is 3. The Balaban J connectivity index is 2.52. The van der Waals surface area contributed by atoms with Gasteiger partial charge in [-0.05, 0) is 18.2 Å². The van der Waals surface area contributed by atoms with E-state index in [4.69, 9.17) is 0 Å². The predicted octanol–water partition coefficient (Wildman–Crippen LogP) is 1.98. The molecule has 1 aromatic carbocycles. The Hall–Kier alpha value is -1.31. The van der Waals surface area contributed by atoms with E-state index in [2.05, 4.69) is 10.2 Å². The second-order valence-electron chi connectivity index (χ2n) is 2.76. The van der Waals surface area contributed by atoms with Crippen molar-refractivity contribution in [2.24, 2.45) is 0 Å². The molecule has 6 heteroatoms. The van der Waals surface area contributed by atoms with E-state index in [1.54, 1.807) is 0 Å². The van der Waals surface area contributed by atoms with Crippen LogP contribution in [0.3, 0.4) is 0 Å². The summed E-state index contributed by atoms with van der Waals surface area (Å²) in [4.78, 5) is 12.4. The van der Waals surface area contributed by atoms with Crippen molar-refractivity contribution in [2.45, 2.75) is 0 Å². The Kier molecular flexibility index (Phi) is 2.76. The molecule has 0 fully saturated rings. The summed E-state index contributed by atoms with van der Waals surface area (Å²) < 4.78 is 12.8. The second-order valence-corrected chi connectivity index (χ2v) is 3.74. The first-order chi connectivity index (χ1) is 7.18. The van der Waals surface area contributed by atoms with E-state index >= 15 is 0 Å². The standard InChI is InChI=1S/C9H5FIN3O/c10-8-2-1-6(5-7(8)9(11)15)14-12-3-4-13-14/h1-5H. The van der Waals surface area contributed by atoms with Crippen molar-refractivity contribution in [3.8, 4) is 5.69 Å². The van der Waals surface area contributed by atoms with Gasteiger partial charge in [-0.25, -0.2) is 4.39 Å². The summed E-state index contributed by atoms with van der Waals surface area (Å²) in [7, 11) is 0. The van der Waals surface area contributed by atoms with Crippen LogP contribution in [0.5, 0.6) is 0 Å². The van der Waals surface area contributed by atoms with Crippen LogP contribution in [0.25, 0.3) is 5.69 Å². The van der Waals surface area contributed by atoms with Crippen LogP contribution in [0.15, 0.2) is 30.6 Å². The van der Waals surface area contributed by atoms with Crippen molar-refractivity contribution in [3.05, 3.63) is 42.0 Å². The van der Waals surface area contributed by atoms with Crippen LogP contribution in [0, 0.1) is 5.82 Å². The topological polar surface area (TPSA) is 47.8 Å². The van der Waals surface area contributed by atoms with Gasteiger partial charge in [0.2, 0.25) is 3.79 Å². The average Bonchev–Trinajstić information content (AvgIpc) is 2.71. The zero-order valence-corrected chi connectivity index (χ0v) is 9.55. The summed E-state index contributed by atoms with van der Waals surface area (Å²) in [5, 5.41) is 7.77. The van der Waals surface area contributed by atoms with Gasteiger partial charge in [0.15, 0.2) is 0 Å². The summed E-state index contributed by atoms with van der Waals surface area (Å²) in [6.07, 6.45) is 3.02. The van der Waals surface area contributed by atoms with Gasteiger partial charge >= 0.3 is 0 Å². The van der Waals surface area contributed by atoms with Crippen molar-refractivity contribution in [1.82, 2.24) is 15.0 Å². The highest BCUT2D eigenvalue weighted by molar-refractivity contribution is 14.1. The highest BCUT2D eigenvalue weighted by atomic mass is 127. The Morgan fingerprint density at radius 3 is 2.60 bits per heavy atom. The molecule has 0 aliphatic rings.